The largest absolute Gasteiger partial charge is 0.399 e. The lowest BCUT2D eigenvalue weighted by Crippen LogP contribution is -2.48. The van der Waals surface area contributed by atoms with Crippen LogP contribution in [0.4, 0.5) is 10.1 Å². The Bertz CT molecular complexity index is 315. The molecule has 1 fully saturated rings. The third-order valence-corrected chi connectivity index (χ3v) is 3.14. The monoisotopic (exact) mass is 194 g/mol. The van der Waals surface area contributed by atoms with E-state index in [1.165, 1.54) is 0 Å². The summed E-state index contributed by atoms with van der Waals surface area (Å²) in [6.07, 6.45) is 0.414. The molecule has 0 heterocycles. The van der Waals surface area contributed by atoms with E-state index < -0.39 is 6.17 Å². The van der Waals surface area contributed by atoms with Crippen molar-refractivity contribution in [2.45, 2.75) is 24.4 Å². The third-order valence-electron chi connectivity index (χ3n) is 3.14. The predicted molar refractivity (Wildman–Crippen MR) is 55.7 cm³/mol. The van der Waals surface area contributed by atoms with Gasteiger partial charge in [0.15, 0.2) is 0 Å². The fraction of sp³-hybridized carbons (Fsp3) is 0.455. The van der Waals surface area contributed by atoms with Crippen LogP contribution in [0.1, 0.15) is 18.4 Å². The molecule has 2 rings (SSSR count). The summed E-state index contributed by atoms with van der Waals surface area (Å²) in [7, 11) is 0. The van der Waals surface area contributed by atoms with Crippen LogP contribution in [-0.2, 0) is 5.41 Å². The lowest BCUT2D eigenvalue weighted by molar-refractivity contribution is 0.0997. The molecule has 76 valence electrons. The molecular formula is C11H15FN2. The Hall–Kier alpha value is -1.09. The summed E-state index contributed by atoms with van der Waals surface area (Å²) >= 11 is 0. The normalized spacial score (nSPS) is 31.1. The molecule has 1 aliphatic rings. The van der Waals surface area contributed by atoms with Gasteiger partial charge >= 0.3 is 0 Å². The fourth-order valence-electron chi connectivity index (χ4n) is 2.15. The molecule has 2 nitrogen and oxygen atoms in total. The number of hydrogen-bond acceptors (Lipinski definition) is 2. The van der Waals surface area contributed by atoms with Crippen LogP contribution >= 0.6 is 0 Å². The molecule has 0 aliphatic heterocycles. The number of benzene rings is 1. The van der Waals surface area contributed by atoms with Crippen LogP contribution in [0.15, 0.2) is 24.3 Å². The van der Waals surface area contributed by atoms with E-state index in [1.54, 1.807) is 0 Å². The van der Waals surface area contributed by atoms with Crippen molar-refractivity contribution >= 4 is 5.69 Å². The number of halogens is 1. The number of alkyl halides is 1. The molecule has 0 aromatic heterocycles. The second-order valence-corrected chi connectivity index (χ2v) is 4.11. The molecule has 0 atom stereocenters. The molecule has 0 bridgehead atoms. The number of rotatable bonds is 2. The maximum absolute atomic E-state index is 12.9. The van der Waals surface area contributed by atoms with Gasteiger partial charge in [0.25, 0.3) is 0 Å². The van der Waals surface area contributed by atoms with Crippen LogP contribution in [-0.4, -0.2) is 12.7 Å². The van der Waals surface area contributed by atoms with E-state index in [4.69, 9.17) is 11.5 Å². The Kier molecular flexibility index (Phi) is 2.19. The van der Waals surface area contributed by atoms with Gasteiger partial charge in [-0.15, -0.1) is 0 Å². The Balaban J connectivity index is 2.25. The highest BCUT2D eigenvalue weighted by Crippen LogP contribution is 2.44. The highest BCUT2D eigenvalue weighted by Gasteiger charge is 2.44. The standard InChI is InChI=1S/C11H15FN2/c12-9-5-11(6-9,7-13)8-1-3-10(14)4-2-8/h1-4,9H,5-7,13-14H2. The summed E-state index contributed by atoms with van der Waals surface area (Å²) in [5.74, 6) is 0. The Labute approximate surface area is 83.1 Å². The van der Waals surface area contributed by atoms with Crippen LogP contribution in [0.3, 0.4) is 0 Å². The SMILES string of the molecule is NCC1(c2ccc(N)cc2)CC(F)C1. The molecule has 0 saturated heterocycles. The number of anilines is 1. The predicted octanol–water partition coefficient (Wildman–Crippen LogP) is 1.60. The van der Waals surface area contributed by atoms with Crippen molar-refractivity contribution < 1.29 is 4.39 Å². The van der Waals surface area contributed by atoms with Gasteiger partial charge in [0.2, 0.25) is 0 Å². The van der Waals surface area contributed by atoms with Crippen LogP contribution < -0.4 is 11.5 Å². The highest BCUT2D eigenvalue weighted by atomic mass is 19.1. The Morgan fingerprint density at radius 1 is 1.29 bits per heavy atom. The van der Waals surface area contributed by atoms with Gasteiger partial charge in [-0.2, -0.15) is 0 Å². The molecule has 1 aromatic rings. The zero-order valence-corrected chi connectivity index (χ0v) is 8.04. The maximum atomic E-state index is 12.9. The van der Waals surface area contributed by atoms with Gasteiger partial charge in [-0.1, -0.05) is 12.1 Å². The molecule has 1 aliphatic carbocycles. The summed E-state index contributed by atoms with van der Waals surface area (Å²) in [5, 5.41) is 0. The first-order chi connectivity index (χ1) is 6.66. The van der Waals surface area contributed by atoms with E-state index >= 15 is 0 Å². The molecule has 3 heteroatoms. The van der Waals surface area contributed by atoms with Crippen LogP contribution in [0.2, 0.25) is 0 Å². The summed E-state index contributed by atoms with van der Waals surface area (Å²) in [4.78, 5) is 0. The van der Waals surface area contributed by atoms with Gasteiger partial charge in [0.05, 0.1) is 0 Å². The summed E-state index contributed by atoms with van der Waals surface area (Å²) in [6, 6.07) is 7.60. The van der Waals surface area contributed by atoms with Crippen molar-refractivity contribution in [1.82, 2.24) is 0 Å². The van der Waals surface area contributed by atoms with E-state index in [9.17, 15) is 4.39 Å². The molecule has 14 heavy (non-hydrogen) atoms. The minimum absolute atomic E-state index is 0.132. The van der Waals surface area contributed by atoms with E-state index in [1.807, 2.05) is 24.3 Å². The summed E-state index contributed by atoms with van der Waals surface area (Å²) in [5.41, 5.74) is 13.0. The molecule has 0 amide bonds. The van der Waals surface area contributed by atoms with Crippen molar-refractivity contribution in [3.8, 4) is 0 Å². The van der Waals surface area contributed by atoms with Crippen LogP contribution in [0.5, 0.6) is 0 Å². The minimum Gasteiger partial charge on any atom is -0.399 e. The van der Waals surface area contributed by atoms with E-state index in [-0.39, 0.29) is 5.41 Å². The molecule has 0 unspecified atom stereocenters. The average molecular weight is 194 g/mol. The molecular weight excluding hydrogens is 179 g/mol. The van der Waals surface area contributed by atoms with E-state index in [0.29, 0.717) is 19.4 Å². The first-order valence-electron chi connectivity index (χ1n) is 4.86. The van der Waals surface area contributed by atoms with E-state index in [0.717, 1.165) is 11.3 Å². The molecule has 0 spiro atoms. The first kappa shape index (κ1) is 9.46. The number of nitrogens with two attached hydrogens (primary N) is 2. The van der Waals surface area contributed by atoms with Crippen molar-refractivity contribution in [2.24, 2.45) is 5.73 Å². The molecule has 0 radical (unpaired) electrons. The summed E-state index contributed by atoms with van der Waals surface area (Å²) in [6.45, 7) is 0.511. The second kappa shape index (κ2) is 3.24. The molecule has 1 aromatic carbocycles. The Morgan fingerprint density at radius 3 is 2.29 bits per heavy atom. The quantitative estimate of drug-likeness (QED) is 0.702. The van der Waals surface area contributed by atoms with Gasteiger partial charge < -0.3 is 11.5 Å². The average Bonchev–Trinajstić information content (AvgIpc) is 2.14. The van der Waals surface area contributed by atoms with Gasteiger partial charge in [0, 0.05) is 17.6 Å². The van der Waals surface area contributed by atoms with Gasteiger partial charge in [0.1, 0.15) is 6.17 Å². The van der Waals surface area contributed by atoms with Gasteiger partial charge in [-0.3, -0.25) is 0 Å². The van der Waals surface area contributed by atoms with Crippen molar-refractivity contribution in [3.05, 3.63) is 29.8 Å². The summed E-state index contributed by atoms with van der Waals surface area (Å²) < 4.78 is 12.9. The van der Waals surface area contributed by atoms with Crippen LogP contribution in [0.25, 0.3) is 0 Å². The molecule has 4 N–H and O–H groups in total. The van der Waals surface area contributed by atoms with Crippen molar-refractivity contribution in [1.29, 1.82) is 0 Å². The van der Waals surface area contributed by atoms with Crippen molar-refractivity contribution in [3.63, 3.8) is 0 Å². The minimum atomic E-state index is -0.684. The lowest BCUT2D eigenvalue weighted by Gasteiger charge is -2.44. The lowest BCUT2D eigenvalue weighted by atomic mass is 9.63. The highest BCUT2D eigenvalue weighted by molar-refractivity contribution is 5.42. The molecule has 1 saturated carbocycles. The zero-order valence-electron chi connectivity index (χ0n) is 8.04. The fourth-order valence-corrected chi connectivity index (χ4v) is 2.15. The zero-order chi connectivity index (χ0) is 10.2. The second-order valence-electron chi connectivity index (χ2n) is 4.11. The van der Waals surface area contributed by atoms with Crippen LogP contribution in [0, 0.1) is 0 Å². The first-order valence-corrected chi connectivity index (χ1v) is 4.86. The number of hydrogen-bond donors (Lipinski definition) is 2. The number of nitrogen functional groups attached to an aromatic ring is 1. The van der Waals surface area contributed by atoms with Gasteiger partial charge in [-0.25, -0.2) is 4.39 Å². The Morgan fingerprint density at radius 2 is 1.86 bits per heavy atom. The topological polar surface area (TPSA) is 52.0 Å². The maximum Gasteiger partial charge on any atom is 0.102 e. The van der Waals surface area contributed by atoms with Crippen molar-refractivity contribution in [2.75, 3.05) is 12.3 Å². The smallest absolute Gasteiger partial charge is 0.102 e. The van der Waals surface area contributed by atoms with E-state index in [2.05, 4.69) is 0 Å². The van der Waals surface area contributed by atoms with Gasteiger partial charge in [-0.05, 0) is 30.5 Å². The third kappa shape index (κ3) is 1.38.